The van der Waals surface area contributed by atoms with E-state index in [0.717, 1.165) is 51.4 Å². The molecule has 1 aliphatic carbocycles. The number of Topliss-reactive ketones (excluding diaryl/α,β-unsaturated/α-hetero) is 3. The van der Waals surface area contributed by atoms with E-state index in [4.69, 9.17) is 24.1 Å². The Hall–Kier alpha value is -3.27. The highest BCUT2D eigenvalue weighted by Gasteiger charge is 2.30. The van der Waals surface area contributed by atoms with E-state index in [1.54, 1.807) is 0 Å². The van der Waals surface area contributed by atoms with Gasteiger partial charge in [-0.2, -0.15) is 0 Å². The average molecular weight is 925 g/mol. The van der Waals surface area contributed by atoms with Gasteiger partial charge in [0.15, 0.2) is 11.6 Å². The standard InChI is InChI=1S/C50H88N2O13/c1-40(2)46(55)39-65-35-32-62-30-19-20-44(53)38-64-34-33-63-31-29-51-48(57)28-27-43(50(60)61)36-45(54)42-25-23-41(24-26-42)37-52-47(56)21-17-15-13-11-9-7-5-3-4-6-8-10-12-14-16-18-22-49(58)59/h40-43H,3-39H2,1-2H3,(H,51,57)(H,52,56)(H,58,59)(H,60,61)/t41?,42?,43-/m1/s1. The maximum atomic E-state index is 13.1. The Kier molecular flexibility index (Phi) is 37.6. The second-order valence-corrected chi connectivity index (χ2v) is 18.3. The summed E-state index contributed by atoms with van der Waals surface area (Å²) in [5.41, 5.74) is 0. The van der Waals surface area contributed by atoms with Crippen LogP contribution in [0.25, 0.3) is 0 Å². The summed E-state index contributed by atoms with van der Waals surface area (Å²) in [6.45, 7) is 6.36. The maximum Gasteiger partial charge on any atom is 0.306 e. The number of carbonyl (C=O) groups excluding carboxylic acids is 5. The van der Waals surface area contributed by atoms with Crippen molar-refractivity contribution in [1.82, 2.24) is 10.6 Å². The van der Waals surface area contributed by atoms with E-state index in [2.05, 4.69) is 10.6 Å². The largest absolute Gasteiger partial charge is 0.481 e. The van der Waals surface area contributed by atoms with Crippen molar-refractivity contribution < 1.29 is 62.7 Å². The van der Waals surface area contributed by atoms with Crippen LogP contribution in [-0.2, 0) is 52.5 Å². The Balaban J connectivity index is 1.99. The molecule has 0 aliphatic heterocycles. The van der Waals surface area contributed by atoms with E-state index in [-0.39, 0.29) is 99.8 Å². The summed E-state index contributed by atoms with van der Waals surface area (Å²) < 4.78 is 21.5. The number of amides is 2. The van der Waals surface area contributed by atoms with Crippen LogP contribution in [0.4, 0.5) is 0 Å². The fraction of sp³-hybridized carbons (Fsp3) is 0.860. The molecule has 65 heavy (non-hydrogen) atoms. The first-order chi connectivity index (χ1) is 31.4. The molecular weight excluding hydrogens is 837 g/mol. The third-order valence-electron chi connectivity index (χ3n) is 12.2. The number of ether oxygens (including phenoxy) is 4. The number of hydrogen-bond acceptors (Lipinski definition) is 11. The van der Waals surface area contributed by atoms with E-state index in [1.807, 2.05) is 13.8 Å². The molecule has 0 aromatic carbocycles. The number of hydrogen-bond donors (Lipinski definition) is 4. The van der Waals surface area contributed by atoms with Crippen LogP contribution in [0.2, 0.25) is 0 Å². The van der Waals surface area contributed by atoms with Crippen molar-refractivity contribution in [3.8, 4) is 0 Å². The van der Waals surface area contributed by atoms with Crippen molar-refractivity contribution in [3.05, 3.63) is 0 Å². The topological polar surface area (TPSA) is 221 Å². The van der Waals surface area contributed by atoms with Crippen LogP contribution < -0.4 is 10.6 Å². The summed E-state index contributed by atoms with van der Waals surface area (Å²) in [4.78, 5) is 83.8. The predicted molar refractivity (Wildman–Crippen MR) is 250 cm³/mol. The fourth-order valence-corrected chi connectivity index (χ4v) is 7.86. The van der Waals surface area contributed by atoms with Gasteiger partial charge >= 0.3 is 11.9 Å². The van der Waals surface area contributed by atoms with Gasteiger partial charge in [-0.3, -0.25) is 33.6 Å². The summed E-state index contributed by atoms with van der Waals surface area (Å²) in [7, 11) is 0. The predicted octanol–water partition coefficient (Wildman–Crippen LogP) is 8.21. The zero-order chi connectivity index (χ0) is 47.8. The molecule has 0 spiro atoms. The number of carboxylic acids is 2. The molecule has 0 radical (unpaired) electrons. The molecule has 376 valence electrons. The lowest BCUT2D eigenvalue weighted by Gasteiger charge is -2.28. The quantitative estimate of drug-likeness (QED) is 0.0424. The lowest BCUT2D eigenvalue weighted by atomic mass is 9.78. The number of unbranched alkanes of at least 4 members (excludes halogenated alkanes) is 15. The smallest absolute Gasteiger partial charge is 0.306 e. The van der Waals surface area contributed by atoms with Crippen LogP contribution >= 0.6 is 0 Å². The van der Waals surface area contributed by atoms with Gasteiger partial charge < -0.3 is 39.8 Å². The molecule has 15 heteroatoms. The Morgan fingerprint density at radius 1 is 0.523 bits per heavy atom. The van der Waals surface area contributed by atoms with Gasteiger partial charge in [-0.05, 0) is 57.3 Å². The van der Waals surface area contributed by atoms with Crippen molar-refractivity contribution in [3.63, 3.8) is 0 Å². The van der Waals surface area contributed by atoms with Crippen molar-refractivity contribution in [2.45, 2.75) is 187 Å². The molecule has 0 aromatic rings. The van der Waals surface area contributed by atoms with Gasteiger partial charge in [-0.15, -0.1) is 0 Å². The lowest BCUT2D eigenvalue weighted by Crippen LogP contribution is -2.33. The lowest BCUT2D eigenvalue weighted by molar-refractivity contribution is -0.145. The number of nitrogens with one attached hydrogen (secondary N) is 2. The Labute approximate surface area is 390 Å². The van der Waals surface area contributed by atoms with E-state index in [1.165, 1.54) is 64.2 Å². The number of rotatable bonds is 46. The van der Waals surface area contributed by atoms with Crippen LogP contribution in [0.3, 0.4) is 0 Å². The molecule has 0 bridgehead atoms. The Morgan fingerprint density at radius 3 is 1.55 bits per heavy atom. The van der Waals surface area contributed by atoms with Crippen molar-refractivity contribution >= 4 is 41.1 Å². The SMILES string of the molecule is CC(C)C(=O)COCCOCCCC(=O)COCCOCCNC(=O)CC[C@H](CC(=O)C1CCC(CNC(=O)CCCCCCCCCCCCCCCCCCC(=O)O)CC1)C(=O)O. The van der Waals surface area contributed by atoms with Crippen LogP contribution in [0.1, 0.15) is 187 Å². The van der Waals surface area contributed by atoms with Crippen molar-refractivity contribution in [1.29, 1.82) is 0 Å². The maximum absolute atomic E-state index is 13.1. The number of carbonyl (C=O) groups is 7. The van der Waals surface area contributed by atoms with Gasteiger partial charge in [-0.1, -0.05) is 104 Å². The monoisotopic (exact) mass is 925 g/mol. The van der Waals surface area contributed by atoms with Crippen molar-refractivity contribution in [2.75, 3.05) is 65.9 Å². The highest BCUT2D eigenvalue weighted by molar-refractivity contribution is 5.86. The molecule has 1 atom stereocenters. The average Bonchev–Trinajstić information content (AvgIpc) is 3.28. The molecule has 1 fully saturated rings. The first kappa shape index (κ1) is 59.7. The second kappa shape index (κ2) is 41.0. The van der Waals surface area contributed by atoms with Crippen LogP contribution in [0.15, 0.2) is 0 Å². The summed E-state index contributed by atoms with van der Waals surface area (Å²) in [5.74, 6) is -2.90. The minimum absolute atomic E-state index is 0.00991. The first-order valence-electron chi connectivity index (χ1n) is 25.2. The van der Waals surface area contributed by atoms with Crippen LogP contribution in [-0.4, -0.2) is 117 Å². The van der Waals surface area contributed by atoms with E-state index in [0.29, 0.717) is 70.8 Å². The minimum atomic E-state index is -1.08. The van der Waals surface area contributed by atoms with Gasteiger partial charge in [0.05, 0.1) is 39.0 Å². The molecule has 0 heterocycles. The molecule has 1 saturated carbocycles. The molecule has 15 nitrogen and oxygen atoms in total. The van der Waals surface area contributed by atoms with Gasteiger partial charge in [0.2, 0.25) is 11.8 Å². The van der Waals surface area contributed by atoms with Gasteiger partial charge in [0.1, 0.15) is 19.0 Å². The molecule has 2 amide bonds. The molecule has 1 aliphatic rings. The number of aliphatic carboxylic acids is 2. The minimum Gasteiger partial charge on any atom is -0.481 e. The van der Waals surface area contributed by atoms with E-state index >= 15 is 0 Å². The zero-order valence-corrected chi connectivity index (χ0v) is 40.4. The summed E-state index contributed by atoms with van der Waals surface area (Å²) >= 11 is 0. The molecular formula is C50H88N2O13. The van der Waals surface area contributed by atoms with Crippen LogP contribution in [0.5, 0.6) is 0 Å². The molecule has 0 aromatic heterocycles. The number of carboxylic acid groups (broad SMARTS) is 2. The van der Waals surface area contributed by atoms with E-state index < -0.39 is 17.9 Å². The Bertz CT molecular complexity index is 1300. The van der Waals surface area contributed by atoms with Gasteiger partial charge in [0.25, 0.3) is 0 Å². The molecule has 0 saturated heterocycles. The van der Waals surface area contributed by atoms with Gasteiger partial charge in [-0.25, -0.2) is 0 Å². The molecule has 4 N–H and O–H groups in total. The third kappa shape index (κ3) is 36.5. The first-order valence-corrected chi connectivity index (χ1v) is 25.2. The zero-order valence-electron chi connectivity index (χ0n) is 40.4. The van der Waals surface area contributed by atoms with Crippen molar-refractivity contribution in [2.24, 2.45) is 23.7 Å². The van der Waals surface area contributed by atoms with Crippen LogP contribution in [0, 0.1) is 23.7 Å². The highest BCUT2D eigenvalue weighted by atomic mass is 16.5. The fourth-order valence-electron chi connectivity index (χ4n) is 7.86. The van der Waals surface area contributed by atoms with E-state index in [9.17, 15) is 38.7 Å². The van der Waals surface area contributed by atoms with Gasteiger partial charge in [0, 0.05) is 63.6 Å². The second-order valence-electron chi connectivity index (χ2n) is 18.3. The highest BCUT2D eigenvalue weighted by Crippen LogP contribution is 2.31. The summed E-state index contributed by atoms with van der Waals surface area (Å²) in [6.07, 6.45) is 23.5. The third-order valence-corrected chi connectivity index (χ3v) is 12.2. The molecule has 0 unspecified atom stereocenters. The normalized spacial score (nSPS) is 15.4. The summed E-state index contributed by atoms with van der Waals surface area (Å²) in [6, 6.07) is 0. The Morgan fingerprint density at radius 2 is 1.02 bits per heavy atom. The molecule has 1 rings (SSSR count). The summed E-state index contributed by atoms with van der Waals surface area (Å²) in [5, 5.41) is 24.2. The number of ketones is 3.